The van der Waals surface area contributed by atoms with Gasteiger partial charge in [0.1, 0.15) is 18.3 Å². The van der Waals surface area contributed by atoms with E-state index in [9.17, 15) is 9.59 Å². The van der Waals surface area contributed by atoms with Crippen molar-refractivity contribution in [3.05, 3.63) is 58.8 Å². The molecule has 0 saturated heterocycles. The zero-order chi connectivity index (χ0) is 17.4. The molecule has 7 heteroatoms. The van der Waals surface area contributed by atoms with Crippen molar-refractivity contribution in [2.75, 3.05) is 0 Å². The number of hydrogen-bond acceptors (Lipinski definition) is 4. The largest absolute Gasteiger partial charge is 0.347 e. The second kappa shape index (κ2) is 6.16. The fourth-order valence-corrected chi connectivity index (χ4v) is 3.12. The van der Waals surface area contributed by atoms with Gasteiger partial charge in [0.2, 0.25) is 5.91 Å². The first-order valence-electron chi connectivity index (χ1n) is 8.35. The Kier molecular flexibility index (Phi) is 3.83. The molecule has 1 aliphatic carbocycles. The molecule has 0 aliphatic heterocycles. The number of aryl methyl sites for hydroxylation is 1. The monoisotopic (exact) mass is 337 g/mol. The molecule has 2 heterocycles. The van der Waals surface area contributed by atoms with Gasteiger partial charge in [-0.3, -0.25) is 18.8 Å². The van der Waals surface area contributed by atoms with Gasteiger partial charge in [0.05, 0.1) is 12.2 Å². The molecule has 1 atom stereocenters. The zero-order valence-corrected chi connectivity index (χ0v) is 13.9. The van der Waals surface area contributed by atoms with Crippen molar-refractivity contribution in [1.29, 1.82) is 0 Å². The Hall–Kier alpha value is -2.96. The van der Waals surface area contributed by atoms with E-state index in [4.69, 9.17) is 0 Å². The first kappa shape index (κ1) is 15.6. The third-order valence-electron chi connectivity index (χ3n) is 4.60. The number of nitrogens with one attached hydrogen (secondary N) is 1. The molecular weight excluding hydrogens is 318 g/mol. The molecule has 1 amide bonds. The second-order valence-electron chi connectivity index (χ2n) is 6.48. The van der Waals surface area contributed by atoms with Crippen molar-refractivity contribution in [2.24, 2.45) is 13.0 Å². The first-order valence-corrected chi connectivity index (χ1v) is 8.35. The number of rotatable bonds is 5. The van der Waals surface area contributed by atoms with Crippen molar-refractivity contribution in [2.45, 2.75) is 25.4 Å². The third-order valence-corrected chi connectivity index (χ3v) is 4.60. The lowest BCUT2D eigenvalue weighted by Crippen LogP contribution is -2.35. The summed E-state index contributed by atoms with van der Waals surface area (Å²) in [7, 11) is 1.73. The van der Waals surface area contributed by atoms with Crippen LogP contribution < -0.4 is 10.9 Å². The van der Waals surface area contributed by atoms with Gasteiger partial charge in [-0.2, -0.15) is 5.10 Å². The maximum Gasteiger partial charge on any atom is 0.264 e. The van der Waals surface area contributed by atoms with Crippen LogP contribution in [0, 0.1) is 5.92 Å². The minimum atomic E-state index is -0.254. The van der Waals surface area contributed by atoms with Crippen molar-refractivity contribution in [3.63, 3.8) is 0 Å². The lowest BCUT2D eigenvalue weighted by atomic mass is 10.0. The lowest BCUT2D eigenvalue weighted by Gasteiger charge is -2.19. The molecule has 1 fully saturated rings. The minimum Gasteiger partial charge on any atom is -0.347 e. The Morgan fingerprint density at radius 1 is 1.32 bits per heavy atom. The molecule has 0 spiro atoms. The van der Waals surface area contributed by atoms with E-state index in [0.717, 1.165) is 18.4 Å². The lowest BCUT2D eigenvalue weighted by molar-refractivity contribution is -0.122. The van der Waals surface area contributed by atoms with E-state index >= 15 is 0 Å². The van der Waals surface area contributed by atoms with Crippen LogP contribution in [0.25, 0.3) is 11.0 Å². The molecule has 1 aliphatic rings. The van der Waals surface area contributed by atoms with Crippen LogP contribution in [0.15, 0.2) is 47.7 Å². The standard InChI is InChI=1S/C18H19N5O2/c1-22-17-14(9-20-22)18(25)23(11-19-17)10-15(24)21-16(13-7-8-13)12-5-3-2-4-6-12/h2-6,9,11,13,16H,7-8,10H2,1H3,(H,21,24)/t16-/m1/s1. The van der Waals surface area contributed by atoms with Crippen LogP contribution in [0.5, 0.6) is 0 Å². The van der Waals surface area contributed by atoms with Crippen LogP contribution in [0.2, 0.25) is 0 Å². The van der Waals surface area contributed by atoms with E-state index in [0.29, 0.717) is 17.0 Å². The van der Waals surface area contributed by atoms with Gasteiger partial charge in [-0.1, -0.05) is 30.3 Å². The summed E-state index contributed by atoms with van der Waals surface area (Å²) in [6.07, 6.45) is 5.11. The highest BCUT2D eigenvalue weighted by Crippen LogP contribution is 2.40. The number of hydrogen-bond donors (Lipinski definition) is 1. The second-order valence-corrected chi connectivity index (χ2v) is 6.48. The number of carbonyl (C=O) groups excluding carboxylic acids is 1. The fraction of sp³-hybridized carbons (Fsp3) is 0.333. The molecule has 3 aromatic rings. The van der Waals surface area contributed by atoms with Gasteiger partial charge in [-0.25, -0.2) is 4.98 Å². The fourth-order valence-electron chi connectivity index (χ4n) is 3.12. The molecule has 1 saturated carbocycles. The van der Waals surface area contributed by atoms with Gasteiger partial charge in [0.15, 0.2) is 5.65 Å². The topological polar surface area (TPSA) is 81.8 Å². The molecule has 0 radical (unpaired) electrons. The van der Waals surface area contributed by atoms with Crippen molar-refractivity contribution < 1.29 is 4.79 Å². The minimum absolute atomic E-state index is 0.000478. The Morgan fingerprint density at radius 2 is 2.08 bits per heavy atom. The summed E-state index contributed by atoms with van der Waals surface area (Å²) < 4.78 is 2.87. The molecule has 1 N–H and O–H groups in total. The van der Waals surface area contributed by atoms with E-state index in [-0.39, 0.29) is 24.1 Å². The number of carbonyl (C=O) groups is 1. The van der Waals surface area contributed by atoms with E-state index < -0.39 is 0 Å². The van der Waals surface area contributed by atoms with Crippen LogP contribution in [0.3, 0.4) is 0 Å². The predicted octanol–water partition coefficient (Wildman–Crippen LogP) is 1.40. The molecule has 7 nitrogen and oxygen atoms in total. The number of amides is 1. The third kappa shape index (κ3) is 3.05. The van der Waals surface area contributed by atoms with Crippen LogP contribution in [0.1, 0.15) is 24.4 Å². The zero-order valence-electron chi connectivity index (χ0n) is 13.9. The maximum absolute atomic E-state index is 12.5. The molecule has 2 aromatic heterocycles. The Balaban J connectivity index is 1.54. The Morgan fingerprint density at radius 3 is 2.80 bits per heavy atom. The molecule has 0 unspecified atom stereocenters. The first-order chi connectivity index (χ1) is 12.1. The summed E-state index contributed by atoms with van der Waals surface area (Å²) in [5.41, 5.74) is 1.37. The highest BCUT2D eigenvalue weighted by molar-refractivity contribution is 5.77. The summed E-state index contributed by atoms with van der Waals surface area (Å²) in [5.74, 6) is 0.287. The summed E-state index contributed by atoms with van der Waals surface area (Å²) >= 11 is 0. The van der Waals surface area contributed by atoms with E-state index in [2.05, 4.69) is 15.4 Å². The molecule has 25 heavy (non-hydrogen) atoms. The highest BCUT2D eigenvalue weighted by atomic mass is 16.2. The highest BCUT2D eigenvalue weighted by Gasteiger charge is 2.33. The van der Waals surface area contributed by atoms with Crippen LogP contribution >= 0.6 is 0 Å². The average molecular weight is 337 g/mol. The normalized spacial score (nSPS) is 15.2. The van der Waals surface area contributed by atoms with Gasteiger partial charge < -0.3 is 5.32 Å². The smallest absolute Gasteiger partial charge is 0.264 e. The predicted molar refractivity (Wildman–Crippen MR) is 92.8 cm³/mol. The van der Waals surface area contributed by atoms with Crippen LogP contribution in [-0.2, 0) is 18.4 Å². The number of aromatic nitrogens is 4. The molecule has 1 aromatic carbocycles. The van der Waals surface area contributed by atoms with Crippen molar-refractivity contribution >= 4 is 16.9 Å². The number of fused-ring (bicyclic) bond motifs is 1. The van der Waals surface area contributed by atoms with E-state index in [1.807, 2.05) is 30.3 Å². The SMILES string of the molecule is Cn1ncc2c(=O)n(CC(=O)N[C@H](c3ccccc3)C3CC3)cnc21. The Labute approximate surface area is 144 Å². The van der Waals surface area contributed by atoms with Gasteiger partial charge in [0, 0.05) is 7.05 Å². The summed E-state index contributed by atoms with van der Waals surface area (Å²) in [6, 6.07) is 9.96. The number of nitrogens with zero attached hydrogens (tertiary/aromatic N) is 4. The van der Waals surface area contributed by atoms with Crippen molar-refractivity contribution in [1.82, 2.24) is 24.6 Å². The molecule has 4 rings (SSSR count). The summed E-state index contributed by atoms with van der Waals surface area (Å²) in [5, 5.41) is 7.53. The van der Waals surface area contributed by atoms with Gasteiger partial charge in [-0.05, 0) is 24.3 Å². The molecular formula is C18H19N5O2. The quantitative estimate of drug-likeness (QED) is 0.763. The van der Waals surface area contributed by atoms with E-state index in [1.165, 1.54) is 17.1 Å². The van der Waals surface area contributed by atoms with Crippen LogP contribution in [0.4, 0.5) is 0 Å². The van der Waals surface area contributed by atoms with Gasteiger partial charge in [0.25, 0.3) is 5.56 Å². The number of benzene rings is 1. The Bertz CT molecular complexity index is 972. The summed E-state index contributed by atoms with van der Waals surface area (Å²) in [4.78, 5) is 29.2. The molecule has 0 bridgehead atoms. The average Bonchev–Trinajstić information content (AvgIpc) is 3.39. The maximum atomic E-state index is 12.5. The van der Waals surface area contributed by atoms with Gasteiger partial charge >= 0.3 is 0 Å². The van der Waals surface area contributed by atoms with Crippen LogP contribution in [-0.4, -0.2) is 25.2 Å². The summed E-state index contributed by atoms with van der Waals surface area (Å²) in [6.45, 7) is -0.0489. The van der Waals surface area contributed by atoms with E-state index in [1.54, 1.807) is 11.7 Å². The molecule has 128 valence electrons. The van der Waals surface area contributed by atoms with Gasteiger partial charge in [-0.15, -0.1) is 0 Å². The van der Waals surface area contributed by atoms with Crippen molar-refractivity contribution in [3.8, 4) is 0 Å².